The molecule has 0 bridgehead atoms. The Morgan fingerprint density at radius 2 is 1.61 bits per heavy atom. The van der Waals surface area contributed by atoms with E-state index in [0.717, 1.165) is 32.1 Å². The lowest BCUT2D eigenvalue weighted by Gasteiger charge is -2.31. The zero-order chi connectivity index (χ0) is 27.1. The summed E-state index contributed by atoms with van der Waals surface area (Å²) in [5.41, 5.74) is 1.85. The molecular formula is C28H34N2O7S. The first-order chi connectivity index (χ1) is 18.2. The normalized spacial score (nSPS) is 21.7. The van der Waals surface area contributed by atoms with Crippen LogP contribution in [0.4, 0.5) is 4.79 Å². The minimum Gasteiger partial charge on any atom is -0.480 e. The number of carbonyl (C=O) groups is 3. The summed E-state index contributed by atoms with van der Waals surface area (Å²) in [6.07, 6.45) is 3.98. The first-order valence-electron chi connectivity index (χ1n) is 13.0. The summed E-state index contributed by atoms with van der Waals surface area (Å²) >= 11 is 0. The van der Waals surface area contributed by atoms with Crippen molar-refractivity contribution >= 4 is 27.8 Å². The van der Waals surface area contributed by atoms with Crippen molar-refractivity contribution in [1.29, 1.82) is 0 Å². The molecule has 10 heteroatoms. The van der Waals surface area contributed by atoms with Gasteiger partial charge in [-0.25, -0.2) is 18.0 Å². The van der Waals surface area contributed by atoms with Crippen molar-refractivity contribution in [3.05, 3.63) is 65.7 Å². The molecule has 2 N–H and O–H groups in total. The van der Waals surface area contributed by atoms with Crippen molar-refractivity contribution in [1.82, 2.24) is 10.2 Å². The van der Waals surface area contributed by atoms with Gasteiger partial charge in [-0.2, -0.15) is 0 Å². The molecule has 2 aromatic carbocycles. The molecule has 1 heterocycles. The van der Waals surface area contributed by atoms with E-state index in [-0.39, 0.29) is 54.5 Å². The quantitative estimate of drug-likeness (QED) is 0.524. The largest absolute Gasteiger partial charge is 0.480 e. The molecule has 0 unspecified atom stereocenters. The van der Waals surface area contributed by atoms with Crippen LogP contribution in [-0.4, -0.2) is 67.0 Å². The van der Waals surface area contributed by atoms with Gasteiger partial charge >= 0.3 is 12.1 Å². The molecule has 204 valence electrons. The third-order valence-corrected chi connectivity index (χ3v) is 8.98. The number of rotatable bonds is 8. The number of benzene rings is 2. The van der Waals surface area contributed by atoms with Crippen molar-refractivity contribution < 1.29 is 32.6 Å². The molecule has 2 aromatic rings. The minimum absolute atomic E-state index is 0.0861. The number of hydrogen-bond donors (Lipinski definition) is 2. The summed E-state index contributed by atoms with van der Waals surface area (Å²) < 4.78 is 28.4. The highest BCUT2D eigenvalue weighted by Crippen LogP contribution is 2.33. The molecule has 0 radical (unpaired) electrons. The molecular weight excluding hydrogens is 508 g/mol. The summed E-state index contributed by atoms with van der Waals surface area (Å²) in [5, 5.41) is 12.6. The van der Waals surface area contributed by atoms with E-state index in [0.29, 0.717) is 5.56 Å². The van der Waals surface area contributed by atoms with E-state index >= 15 is 0 Å². The molecule has 1 saturated heterocycles. The molecule has 2 fully saturated rings. The second-order valence-corrected chi connectivity index (χ2v) is 12.4. The summed E-state index contributed by atoms with van der Waals surface area (Å²) in [4.78, 5) is 38.9. The van der Waals surface area contributed by atoms with E-state index in [2.05, 4.69) is 17.4 Å². The highest BCUT2D eigenvalue weighted by atomic mass is 32.2. The fourth-order valence-electron chi connectivity index (χ4n) is 5.18. The molecule has 38 heavy (non-hydrogen) atoms. The standard InChI is InChI=1S/C28H34N2O7S/c31-26(24-9-5-4-8-22(24)18-20-6-2-1-3-7-20)29-25(27(32)33)19-21-10-12-23(13-11-21)37-28(34)30-14-16-38(35,36)17-15-30/h1-3,6-7,10-13,22,24-25H,4-5,8-9,14-19H2,(H,29,31)(H,32,33)/t22-,24+,25+/m1/s1. The Hall–Kier alpha value is -3.40. The van der Waals surface area contributed by atoms with Gasteiger partial charge in [0.15, 0.2) is 9.84 Å². The Labute approximate surface area is 223 Å². The maximum Gasteiger partial charge on any atom is 0.415 e. The smallest absolute Gasteiger partial charge is 0.415 e. The molecule has 0 spiro atoms. The first kappa shape index (κ1) is 27.6. The van der Waals surface area contributed by atoms with E-state index in [1.165, 1.54) is 10.5 Å². The van der Waals surface area contributed by atoms with Crippen molar-refractivity contribution in [2.24, 2.45) is 11.8 Å². The number of hydrogen-bond acceptors (Lipinski definition) is 6. The van der Waals surface area contributed by atoms with Gasteiger partial charge in [0.25, 0.3) is 0 Å². The Morgan fingerprint density at radius 3 is 2.26 bits per heavy atom. The van der Waals surface area contributed by atoms with Crippen LogP contribution in [0.1, 0.15) is 36.8 Å². The first-order valence-corrected chi connectivity index (χ1v) is 14.9. The van der Waals surface area contributed by atoms with E-state index < -0.39 is 27.9 Å². The fourth-order valence-corrected chi connectivity index (χ4v) is 6.38. The lowest BCUT2D eigenvalue weighted by atomic mass is 9.75. The number of nitrogens with one attached hydrogen (secondary N) is 1. The molecule has 1 aliphatic carbocycles. The number of carboxylic acids is 1. The van der Waals surface area contributed by atoms with Crippen molar-refractivity contribution in [3.8, 4) is 5.75 Å². The van der Waals surface area contributed by atoms with Crippen LogP contribution in [0.2, 0.25) is 0 Å². The SMILES string of the molecule is O=C(O)[C@H](Cc1ccc(OC(=O)N2CCS(=O)(=O)CC2)cc1)NC(=O)[C@H]1CCCC[C@@H]1Cc1ccccc1. The number of nitrogens with zero attached hydrogens (tertiary/aromatic N) is 1. The second-order valence-electron chi connectivity index (χ2n) is 10.1. The van der Waals surface area contributed by atoms with Crippen molar-refractivity contribution in [2.75, 3.05) is 24.6 Å². The molecule has 1 saturated carbocycles. The third kappa shape index (κ3) is 7.56. The second kappa shape index (κ2) is 12.4. The number of carboxylic acid groups (broad SMARTS) is 1. The van der Waals surface area contributed by atoms with Gasteiger partial charge in [0.05, 0.1) is 11.5 Å². The third-order valence-electron chi connectivity index (χ3n) is 7.37. The zero-order valence-electron chi connectivity index (χ0n) is 21.3. The molecule has 0 aromatic heterocycles. The summed E-state index contributed by atoms with van der Waals surface area (Å²) in [6.45, 7) is 0.179. The molecule has 9 nitrogen and oxygen atoms in total. The topological polar surface area (TPSA) is 130 Å². The molecule has 3 atom stereocenters. The highest BCUT2D eigenvalue weighted by molar-refractivity contribution is 7.91. The maximum absolute atomic E-state index is 13.2. The summed E-state index contributed by atoms with van der Waals surface area (Å²) in [5.74, 6) is -1.27. The maximum atomic E-state index is 13.2. The van der Waals surface area contributed by atoms with E-state index in [4.69, 9.17) is 4.74 Å². The zero-order valence-corrected chi connectivity index (χ0v) is 22.1. The average Bonchev–Trinajstić information content (AvgIpc) is 2.90. The number of aliphatic carboxylic acids is 1. The van der Waals surface area contributed by atoms with E-state index in [1.54, 1.807) is 24.3 Å². The lowest BCUT2D eigenvalue weighted by molar-refractivity contribution is -0.143. The van der Waals surface area contributed by atoms with Gasteiger partial charge in [-0.1, -0.05) is 55.3 Å². The Morgan fingerprint density at radius 1 is 0.947 bits per heavy atom. The number of amides is 2. The van der Waals surface area contributed by atoms with Crippen LogP contribution >= 0.6 is 0 Å². The molecule has 2 amide bonds. The Kier molecular flexibility index (Phi) is 9.04. The lowest BCUT2D eigenvalue weighted by Crippen LogP contribution is -2.47. The number of sulfone groups is 1. The van der Waals surface area contributed by atoms with E-state index in [9.17, 15) is 27.9 Å². The van der Waals surface area contributed by atoms with Gasteiger partial charge in [0.2, 0.25) is 5.91 Å². The van der Waals surface area contributed by atoms with Crippen LogP contribution in [0.15, 0.2) is 54.6 Å². The highest BCUT2D eigenvalue weighted by Gasteiger charge is 2.33. The van der Waals surface area contributed by atoms with Gasteiger partial charge in [-0.3, -0.25) is 4.79 Å². The molecule has 2 aliphatic rings. The van der Waals surface area contributed by atoms with Gasteiger partial charge in [-0.15, -0.1) is 0 Å². The Bertz CT molecular complexity index is 1220. The summed E-state index contributed by atoms with van der Waals surface area (Å²) in [6, 6.07) is 15.4. The average molecular weight is 543 g/mol. The van der Waals surface area contributed by atoms with Gasteiger partial charge in [0.1, 0.15) is 11.8 Å². The van der Waals surface area contributed by atoms with Crippen molar-refractivity contribution in [2.45, 2.75) is 44.6 Å². The summed E-state index contributed by atoms with van der Waals surface area (Å²) in [7, 11) is -3.11. The molecule has 4 rings (SSSR count). The monoisotopic (exact) mass is 542 g/mol. The van der Waals surface area contributed by atoms with E-state index in [1.807, 2.05) is 18.2 Å². The van der Waals surface area contributed by atoms with Crippen molar-refractivity contribution in [3.63, 3.8) is 0 Å². The molecule has 1 aliphatic heterocycles. The number of ether oxygens (including phenoxy) is 1. The predicted molar refractivity (Wildman–Crippen MR) is 142 cm³/mol. The van der Waals surface area contributed by atoms with Crippen LogP contribution in [0.3, 0.4) is 0 Å². The van der Waals surface area contributed by atoms with Crippen LogP contribution in [0.25, 0.3) is 0 Å². The van der Waals surface area contributed by atoms with Gasteiger partial charge < -0.3 is 20.1 Å². The van der Waals surface area contributed by atoms with Gasteiger partial charge in [-0.05, 0) is 48.4 Å². The van der Waals surface area contributed by atoms with Crippen LogP contribution in [-0.2, 0) is 32.3 Å². The van der Waals surface area contributed by atoms with Gasteiger partial charge in [0, 0.05) is 25.4 Å². The predicted octanol–water partition coefficient (Wildman–Crippen LogP) is 3.08. The van der Waals surface area contributed by atoms with Crippen LogP contribution in [0, 0.1) is 11.8 Å². The minimum atomic E-state index is -3.11. The Balaban J connectivity index is 1.33. The van der Waals surface area contributed by atoms with Crippen LogP contribution < -0.4 is 10.1 Å². The number of carbonyl (C=O) groups excluding carboxylic acids is 2. The van der Waals surface area contributed by atoms with Crippen LogP contribution in [0.5, 0.6) is 5.75 Å². The fraction of sp³-hybridized carbons (Fsp3) is 0.464.